The van der Waals surface area contributed by atoms with Gasteiger partial charge >= 0.3 is 6.09 Å². The summed E-state index contributed by atoms with van der Waals surface area (Å²) in [5.41, 5.74) is 1.64. The first kappa shape index (κ1) is 30.2. The molecular formula is C33H42N4O7. The highest BCUT2D eigenvalue weighted by atomic mass is 16.7. The van der Waals surface area contributed by atoms with Crippen molar-refractivity contribution in [2.24, 2.45) is 0 Å². The van der Waals surface area contributed by atoms with E-state index in [1.165, 1.54) is 0 Å². The highest BCUT2D eigenvalue weighted by molar-refractivity contribution is 5.95. The first-order chi connectivity index (χ1) is 21.2. The summed E-state index contributed by atoms with van der Waals surface area (Å²) >= 11 is 0. The van der Waals surface area contributed by atoms with Gasteiger partial charge in [0.25, 0.3) is 5.91 Å². The number of hydrogen-bond donors (Lipinski definition) is 1. The normalized spacial score (nSPS) is 22.1. The quantitative estimate of drug-likeness (QED) is 0.390. The van der Waals surface area contributed by atoms with Gasteiger partial charge in [-0.1, -0.05) is 12.1 Å². The summed E-state index contributed by atoms with van der Waals surface area (Å²) < 4.78 is 31.1. The summed E-state index contributed by atoms with van der Waals surface area (Å²) in [5.74, 6) is 1.74. The first-order valence-electron chi connectivity index (χ1n) is 15.6. The van der Waals surface area contributed by atoms with Crippen molar-refractivity contribution in [3.05, 3.63) is 53.9 Å². The number of amides is 2. The van der Waals surface area contributed by atoms with Crippen molar-refractivity contribution in [2.45, 2.75) is 83.4 Å². The van der Waals surface area contributed by atoms with E-state index >= 15 is 0 Å². The largest absolute Gasteiger partial charge is 0.486 e. The fourth-order valence-corrected chi connectivity index (χ4v) is 6.04. The number of nitrogens with zero attached hydrogens (tertiary/aromatic N) is 3. The van der Waals surface area contributed by atoms with Gasteiger partial charge in [0.15, 0.2) is 17.8 Å². The lowest BCUT2D eigenvalue weighted by Gasteiger charge is -2.40. The Hall–Kier alpha value is -3.83. The summed E-state index contributed by atoms with van der Waals surface area (Å²) in [6, 6.07) is 12.5. The Labute approximate surface area is 257 Å². The number of carbonyl (C=O) groups is 2. The van der Waals surface area contributed by atoms with Gasteiger partial charge in [0.05, 0.1) is 23.7 Å². The van der Waals surface area contributed by atoms with Crippen molar-refractivity contribution in [1.82, 2.24) is 19.8 Å². The molecule has 2 fully saturated rings. The van der Waals surface area contributed by atoms with Crippen LogP contribution < -0.4 is 14.8 Å². The second kappa shape index (κ2) is 13.0. The van der Waals surface area contributed by atoms with E-state index in [2.05, 4.69) is 9.88 Å². The number of nitrogens with one attached hydrogen (secondary N) is 1. The van der Waals surface area contributed by atoms with E-state index in [1.807, 2.05) is 45.0 Å². The van der Waals surface area contributed by atoms with Gasteiger partial charge in [0.1, 0.15) is 24.6 Å². The van der Waals surface area contributed by atoms with Crippen LogP contribution in [0.1, 0.15) is 75.1 Å². The first-order valence-corrected chi connectivity index (χ1v) is 15.6. The lowest BCUT2D eigenvalue weighted by atomic mass is 9.96. The molecule has 2 amide bonds. The van der Waals surface area contributed by atoms with Gasteiger partial charge in [-0.2, -0.15) is 0 Å². The third-order valence-corrected chi connectivity index (χ3v) is 8.11. The molecule has 0 bridgehead atoms. The van der Waals surface area contributed by atoms with Crippen LogP contribution in [-0.2, 0) is 20.8 Å². The van der Waals surface area contributed by atoms with Crippen LogP contribution in [-0.4, -0.2) is 77.4 Å². The Morgan fingerprint density at radius 3 is 2.64 bits per heavy atom. The average molecular weight is 607 g/mol. The molecule has 2 saturated heterocycles. The van der Waals surface area contributed by atoms with E-state index in [0.29, 0.717) is 62.8 Å². The number of para-hydroxylation sites is 2. The van der Waals surface area contributed by atoms with Gasteiger partial charge in [-0.15, -0.1) is 0 Å². The Morgan fingerprint density at radius 1 is 1.02 bits per heavy atom. The number of carbonyl (C=O) groups excluding carboxylic acids is 2. The van der Waals surface area contributed by atoms with Crippen LogP contribution in [0, 0.1) is 0 Å². The molecule has 1 aromatic heterocycles. The minimum atomic E-state index is -0.654. The topological polar surface area (TPSA) is 113 Å². The van der Waals surface area contributed by atoms with Gasteiger partial charge in [-0.3, -0.25) is 9.69 Å². The molecule has 6 rings (SSSR count). The highest BCUT2D eigenvalue weighted by Gasteiger charge is 2.38. The molecule has 11 heteroatoms. The van der Waals surface area contributed by atoms with Crippen molar-refractivity contribution in [2.75, 3.05) is 33.0 Å². The maximum atomic E-state index is 13.5. The molecule has 3 aliphatic heterocycles. The van der Waals surface area contributed by atoms with E-state index in [4.69, 9.17) is 28.7 Å². The fraction of sp³-hybridized carbons (Fsp3) is 0.545. The van der Waals surface area contributed by atoms with E-state index < -0.39 is 17.7 Å². The van der Waals surface area contributed by atoms with Crippen LogP contribution in [0.15, 0.2) is 42.5 Å². The Morgan fingerprint density at radius 2 is 1.84 bits per heavy atom. The number of fused-ring (bicyclic) bond motifs is 2. The molecular weight excluding hydrogens is 564 g/mol. The predicted octanol–water partition coefficient (Wildman–Crippen LogP) is 5.22. The molecule has 2 aromatic carbocycles. The van der Waals surface area contributed by atoms with Crippen molar-refractivity contribution in [3.63, 3.8) is 0 Å². The summed E-state index contributed by atoms with van der Waals surface area (Å²) in [5, 5.41) is 3.20. The van der Waals surface area contributed by atoms with Crippen LogP contribution >= 0.6 is 0 Å². The van der Waals surface area contributed by atoms with Crippen LogP contribution in [0.4, 0.5) is 4.79 Å². The van der Waals surface area contributed by atoms with E-state index in [0.717, 1.165) is 42.7 Å². The number of aromatic nitrogens is 2. The van der Waals surface area contributed by atoms with Crippen molar-refractivity contribution >= 4 is 23.0 Å². The van der Waals surface area contributed by atoms with Crippen LogP contribution in [0.3, 0.4) is 0 Å². The summed E-state index contributed by atoms with van der Waals surface area (Å²) in [7, 11) is 0. The number of rotatable bonds is 7. The summed E-state index contributed by atoms with van der Waals surface area (Å²) in [6.07, 6.45) is 3.50. The molecule has 3 atom stereocenters. The lowest BCUT2D eigenvalue weighted by Crippen LogP contribution is -2.50. The number of imidazole rings is 1. The molecule has 0 aliphatic carbocycles. The van der Waals surface area contributed by atoms with Crippen molar-refractivity contribution < 1.29 is 33.3 Å². The Balaban J connectivity index is 1.25. The third kappa shape index (κ3) is 6.94. The van der Waals surface area contributed by atoms with Gasteiger partial charge in [0, 0.05) is 31.3 Å². The Bertz CT molecular complexity index is 1480. The molecule has 3 unspecified atom stereocenters. The molecule has 1 N–H and O–H groups in total. The number of piperidine rings is 1. The molecule has 3 aliphatic rings. The number of hydrogen-bond acceptors (Lipinski definition) is 8. The molecule has 236 valence electrons. The maximum Gasteiger partial charge on any atom is 0.410 e. The summed E-state index contributed by atoms with van der Waals surface area (Å²) in [4.78, 5) is 33.7. The van der Waals surface area contributed by atoms with Gasteiger partial charge in [0.2, 0.25) is 0 Å². The molecule has 44 heavy (non-hydrogen) atoms. The molecule has 11 nitrogen and oxygen atoms in total. The van der Waals surface area contributed by atoms with Crippen molar-refractivity contribution in [1.29, 1.82) is 0 Å². The molecule has 4 heterocycles. The molecule has 0 radical (unpaired) electrons. The zero-order chi connectivity index (χ0) is 30.7. The second-order valence-corrected chi connectivity index (χ2v) is 12.5. The standard InChI is InChI=1S/C33H42N4O7/c1-33(2,3)44-32(39)37-14-13-23(34-31(38)22-11-12-27-28(20-22)41-19-18-40-27)21-26(37)30-35-24-8-4-5-9-25(24)36(30)15-17-43-29-10-6-7-16-42-29/h4-5,8-9,11-12,20,23,26,29H,6-7,10,13-19,21H2,1-3H3,(H,34,38). The minimum absolute atomic E-state index is 0.195. The highest BCUT2D eigenvalue weighted by Crippen LogP contribution is 2.35. The fourth-order valence-electron chi connectivity index (χ4n) is 6.04. The van der Waals surface area contributed by atoms with Crippen LogP contribution in [0.25, 0.3) is 11.0 Å². The minimum Gasteiger partial charge on any atom is -0.486 e. The SMILES string of the molecule is CC(C)(C)OC(=O)N1CCC(NC(=O)c2ccc3c(c2)OCCO3)CC1c1nc2ccccc2n1CCOC1CCCCO1. The van der Waals surface area contributed by atoms with E-state index in [1.54, 1.807) is 23.1 Å². The molecule has 0 saturated carbocycles. The smallest absolute Gasteiger partial charge is 0.410 e. The maximum absolute atomic E-state index is 13.5. The average Bonchev–Trinajstić information content (AvgIpc) is 3.39. The van der Waals surface area contributed by atoms with Crippen LogP contribution in [0.5, 0.6) is 11.5 Å². The lowest BCUT2D eigenvalue weighted by molar-refractivity contribution is -0.163. The Kier molecular flexibility index (Phi) is 8.95. The van der Waals surface area contributed by atoms with E-state index in [-0.39, 0.29) is 18.2 Å². The van der Waals surface area contributed by atoms with E-state index in [9.17, 15) is 9.59 Å². The zero-order valence-electron chi connectivity index (χ0n) is 25.8. The van der Waals surface area contributed by atoms with Gasteiger partial charge in [-0.25, -0.2) is 9.78 Å². The zero-order valence-corrected chi connectivity index (χ0v) is 25.8. The van der Waals surface area contributed by atoms with Gasteiger partial charge in [-0.05, 0) is 83.2 Å². The summed E-state index contributed by atoms with van der Waals surface area (Å²) in [6.45, 7) is 8.63. The monoisotopic (exact) mass is 606 g/mol. The molecule has 3 aromatic rings. The number of likely N-dealkylation sites (tertiary alicyclic amines) is 1. The second-order valence-electron chi connectivity index (χ2n) is 12.5. The van der Waals surface area contributed by atoms with Gasteiger partial charge < -0.3 is 33.6 Å². The van der Waals surface area contributed by atoms with Crippen molar-refractivity contribution in [3.8, 4) is 11.5 Å². The van der Waals surface area contributed by atoms with Crippen LogP contribution in [0.2, 0.25) is 0 Å². The molecule has 0 spiro atoms. The third-order valence-electron chi connectivity index (χ3n) is 8.11. The predicted molar refractivity (Wildman–Crippen MR) is 163 cm³/mol. The number of benzene rings is 2. The number of ether oxygens (including phenoxy) is 5.